The summed E-state index contributed by atoms with van der Waals surface area (Å²) in [6.45, 7) is 1.08. The van der Waals surface area contributed by atoms with Crippen LogP contribution in [0.4, 0.5) is 0 Å². The zero-order chi connectivity index (χ0) is 11.4. The molecular weight excluding hydrogens is 216 g/mol. The SMILES string of the molecule is COCCC1(CNS(=O)(=O)CC#N)CC1. The lowest BCUT2D eigenvalue weighted by molar-refractivity contribution is 0.173. The van der Waals surface area contributed by atoms with Crippen molar-refractivity contribution in [2.24, 2.45) is 5.41 Å². The average molecular weight is 232 g/mol. The first-order chi connectivity index (χ1) is 7.04. The maximum Gasteiger partial charge on any atom is 0.225 e. The highest BCUT2D eigenvalue weighted by molar-refractivity contribution is 7.89. The van der Waals surface area contributed by atoms with Crippen molar-refractivity contribution >= 4 is 10.0 Å². The second-order valence-electron chi connectivity index (χ2n) is 3.98. The van der Waals surface area contributed by atoms with Crippen molar-refractivity contribution in [3.63, 3.8) is 0 Å². The predicted molar refractivity (Wildman–Crippen MR) is 55.6 cm³/mol. The molecule has 1 aliphatic carbocycles. The molecule has 0 heterocycles. The fourth-order valence-corrected chi connectivity index (χ4v) is 2.21. The quantitative estimate of drug-likeness (QED) is 0.682. The molecule has 86 valence electrons. The molecule has 0 bridgehead atoms. The average Bonchev–Trinajstić information content (AvgIpc) is 2.93. The van der Waals surface area contributed by atoms with Crippen LogP contribution in [0.5, 0.6) is 0 Å². The number of nitriles is 1. The van der Waals surface area contributed by atoms with E-state index in [4.69, 9.17) is 10.00 Å². The molecule has 1 fully saturated rings. The van der Waals surface area contributed by atoms with Crippen LogP contribution in [-0.4, -0.2) is 34.4 Å². The summed E-state index contributed by atoms with van der Waals surface area (Å²) in [5.74, 6) is -0.465. The van der Waals surface area contributed by atoms with Crippen molar-refractivity contribution in [3.05, 3.63) is 0 Å². The van der Waals surface area contributed by atoms with Crippen LogP contribution < -0.4 is 4.72 Å². The molecule has 1 aliphatic rings. The van der Waals surface area contributed by atoms with Gasteiger partial charge >= 0.3 is 0 Å². The molecule has 0 saturated heterocycles. The maximum absolute atomic E-state index is 11.2. The van der Waals surface area contributed by atoms with Crippen molar-refractivity contribution in [2.45, 2.75) is 19.3 Å². The molecule has 0 aromatic carbocycles. The van der Waals surface area contributed by atoms with E-state index in [1.54, 1.807) is 13.2 Å². The van der Waals surface area contributed by atoms with Crippen LogP contribution in [0.3, 0.4) is 0 Å². The van der Waals surface area contributed by atoms with E-state index < -0.39 is 15.8 Å². The molecule has 1 rings (SSSR count). The number of nitrogens with one attached hydrogen (secondary N) is 1. The lowest BCUT2D eigenvalue weighted by atomic mass is 10.0. The number of hydrogen-bond acceptors (Lipinski definition) is 4. The molecule has 0 unspecified atom stereocenters. The summed E-state index contributed by atoms with van der Waals surface area (Å²) < 4.78 is 29.9. The minimum absolute atomic E-state index is 0.0819. The second kappa shape index (κ2) is 4.92. The Kier molecular flexibility index (Phi) is 4.08. The van der Waals surface area contributed by atoms with Gasteiger partial charge in [0.25, 0.3) is 0 Å². The Morgan fingerprint density at radius 3 is 2.67 bits per heavy atom. The number of hydrogen-bond donors (Lipinski definition) is 1. The monoisotopic (exact) mass is 232 g/mol. The van der Waals surface area contributed by atoms with Gasteiger partial charge in [-0.3, -0.25) is 0 Å². The molecule has 6 heteroatoms. The Labute approximate surface area is 90.5 Å². The Morgan fingerprint density at radius 2 is 2.20 bits per heavy atom. The van der Waals surface area contributed by atoms with Gasteiger partial charge in [0.05, 0.1) is 6.07 Å². The summed E-state index contributed by atoms with van der Waals surface area (Å²) in [6, 6.07) is 1.63. The number of rotatable bonds is 7. The summed E-state index contributed by atoms with van der Waals surface area (Å²) in [4.78, 5) is 0. The zero-order valence-corrected chi connectivity index (χ0v) is 9.64. The molecular formula is C9H16N2O3S. The van der Waals surface area contributed by atoms with Gasteiger partial charge in [0.15, 0.2) is 5.75 Å². The molecule has 0 aromatic heterocycles. The van der Waals surface area contributed by atoms with E-state index in [2.05, 4.69) is 4.72 Å². The van der Waals surface area contributed by atoms with E-state index >= 15 is 0 Å². The van der Waals surface area contributed by atoms with Gasteiger partial charge in [0.2, 0.25) is 10.0 Å². The van der Waals surface area contributed by atoms with E-state index in [1.807, 2.05) is 0 Å². The van der Waals surface area contributed by atoms with Crippen molar-refractivity contribution in [1.82, 2.24) is 4.72 Å². The highest BCUT2D eigenvalue weighted by atomic mass is 32.2. The first-order valence-electron chi connectivity index (χ1n) is 4.87. The molecule has 0 spiro atoms. The van der Waals surface area contributed by atoms with Crippen LogP contribution in [0.1, 0.15) is 19.3 Å². The van der Waals surface area contributed by atoms with Crippen molar-refractivity contribution in [3.8, 4) is 6.07 Å². The van der Waals surface area contributed by atoms with Crippen molar-refractivity contribution in [1.29, 1.82) is 5.26 Å². The Bertz CT molecular complexity index is 341. The van der Waals surface area contributed by atoms with Gasteiger partial charge < -0.3 is 4.74 Å². The van der Waals surface area contributed by atoms with Crippen molar-refractivity contribution < 1.29 is 13.2 Å². The normalized spacial score (nSPS) is 18.4. The van der Waals surface area contributed by atoms with Crippen LogP contribution >= 0.6 is 0 Å². The summed E-state index contributed by atoms with van der Waals surface area (Å²) in [5.41, 5.74) is 0.0819. The molecule has 0 aromatic rings. The van der Waals surface area contributed by atoms with Gasteiger partial charge in [-0.25, -0.2) is 13.1 Å². The van der Waals surface area contributed by atoms with Gasteiger partial charge in [0, 0.05) is 20.3 Å². The van der Waals surface area contributed by atoms with Crippen LogP contribution in [0.25, 0.3) is 0 Å². The van der Waals surface area contributed by atoms with Gasteiger partial charge in [-0.15, -0.1) is 0 Å². The maximum atomic E-state index is 11.2. The summed E-state index contributed by atoms with van der Waals surface area (Å²) in [6.07, 6.45) is 2.94. The fourth-order valence-electron chi connectivity index (χ4n) is 1.41. The molecule has 0 aliphatic heterocycles. The van der Waals surface area contributed by atoms with Crippen LogP contribution in [0.2, 0.25) is 0 Å². The first kappa shape index (κ1) is 12.4. The smallest absolute Gasteiger partial charge is 0.225 e. The Balaban J connectivity index is 2.34. The van der Waals surface area contributed by atoms with Gasteiger partial charge in [-0.1, -0.05) is 0 Å². The number of sulfonamides is 1. The number of nitrogens with zero attached hydrogens (tertiary/aromatic N) is 1. The predicted octanol–water partition coefficient (Wildman–Crippen LogP) is 0.246. The first-order valence-corrected chi connectivity index (χ1v) is 6.52. The van der Waals surface area contributed by atoms with Crippen LogP contribution in [0, 0.1) is 16.7 Å². The molecule has 15 heavy (non-hydrogen) atoms. The minimum Gasteiger partial charge on any atom is -0.385 e. The standard InChI is InChI=1S/C9H16N2O3S/c1-14-6-4-9(2-3-9)8-11-15(12,13)7-5-10/h11H,2-4,6-8H2,1H3. The third-order valence-electron chi connectivity index (χ3n) is 2.72. The van der Waals surface area contributed by atoms with Crippen LogP contribution in [-0.2, 0) is 14.8 Å². The van der Waals surface area contributed by atoms with Gasteiger partial charge in [0.1, 0.15) is 0 Å². The van der Waals surface area contributed by atoms with Gasteiger partial charge in [-0.2, -0.15) is 5.26 Å². The topological polar surface area (TPSA) is 79.2 Å². The molecule has 1 saturated carbocycles. The fraction of sp³-hybridized carbons (Fsp3) is 0.889. The van der Waals surface area contributed by atoms with Crippen molar-refractivity contribution in [2.75, 3.05) is 26.0 Å². The molecule has 1 N–H and O–H groups in total. The Hall–Kier alpha value is -0.640. The lowest BCUT2D eigenvalue weighted by Gasteiger charge is -2.14. The minimum atomic E-state index is -3.40. The lowest BCUT2D eigenvalue weighted by Crippen LogP contribution is -2.32. The summed E-state index contributed by atoms with van der Waals surface area (Å²) >= 11 is 0. The Morgan fingerprint density at radius 1 is 1.53 bits per heavy atom. The van der Waals surface area contributed by atoms with Crippen LogP contribution in [0.15, 0.2) is 0 Å². The molecule has 0 atom stereocenters. The third kappa shape index (κ3) is 4.16. The largest absolute Gasteiger partial charge is 0.385 e. The summed E-state index contributed by atoms with van der Waals surface area (Å²) in [5, 5.41) is 8.30. The highest BCUT2D eigenvalue weighted by Crippen LogP contribution is 2.48. The second-order valence-corrected chi connectivity index (χ2v) is 5.79. The zero-order valence-electron chi connectivity index (χ0n) is 8.82. The number of methoxy groups -OCH3 is 1. The van der Waals surface area contributed by atoms with E-state index in [0.717, 1.165) is 19.3 Å². The molecule has 0 radical (unpaired) electrons. The number of ether oxygens (including phenoxy) is 1. The third-order valence-corrected chi connectivity index (χ3v) is 3.81. The van der Waals surface area contributed by atoms with Gasteiger partial charge in [-0.05, 0) is 24.7 Å². The summed E-state index contributed by atoms with van der Waals surface area (Å²) in [7, 11) is -1.77. The van der Waals surface area contributed by atoms with E-state index in [0.29, 0.717) is 13.2 Å². The van der Waals surface area contributed by atoms with E-state index in [-0.39, 0.29) is 5.41 Å². The van der Waals surface area contributed by atoms with E-state index in [1.165, 1.54) is 0 Å². The molecule has 0 amide bonds. The van der Waals surface area contributed by atoms with E-state index in [9.17, 15) is 8.42 Å². The molecule has 5 nitrogen and oxygen atoms in total. The highest BCUT2D eigenvalue weighted by Gasteiger charge is 2.42.